The number of carboxylic acids is 2. The van der Waals surface area contributed by atoms with Crippen molar-refractivity contribution in [3.05, 3.63) is 34.4 Å². The molecule has 1 saturated carbocycles. The van der Waals surface area contributed by atoms with Crippen molar-refractivity contribution < 1.29 is 53.3 Å². The highest BCUT2D eigenvalue weighted by molar-refractivity contribution is 7.47. The zero-order chi connectivity index (χ0) is 25.0. The molecule has 15 nitrogen and oxygen atoms in total. The van der Waals surface area contributed by atoms with Crippen molar-refractivity contribution in [1.29, 1.82) is 0 Å². The molecule has 186 valence electrons. The molecule has 4 rings (SSSR count). The number of hydrogen-bond acceptors (Lipinski definition) is 11. The Kier molecular flexibility index (Phi) is 6.14. The number of nitrogen functional groups attached to an aromatic ring is 1. The molecule has 1 aliphatic heterocycles. The van der Waals surface area contributed by atoms with Crippen LogP contribution in [0.3, 0.4) is 0 Å². The molecule has 0 amide bonds. The minimum atomic E-state index is -4.79. The predicted octanol–water partition coefficient (Wildman–Crippen LogP) is -1.69. The molecule has 0 spiro atoms. The first-order valence-electron chi connectivity index (χ1n) is 10.1. The van der Waals surface area contributed by atoms with Gasteiger partial charge in [0.05, 0.1) is 18.8 Å². The van der Waals surface area contributed by atoms with Gasteiger partial charge >= 0.3 is 25.5 Å². The van der Waals surface area contributed by atoms with Gasteiger partial charge in [-0.2, -0.15) is 4.98 Å². The molecule has 0 bridgehead atoms. The molecule has 0 radical (unpaired) electrons. The molecule has 0 aromatic carbocycles. The number of nitrogens with zero attached hydrogens (tertiary/aromatic N) is 2. The molecule has 16 heteroatoms. The Morgan fingerprint density at radius 3 is 2.56 bits per heavy atom. The molecule has 8 atom stereocenters. The molecule has 7 N–H and O–H groups in total. The van der Waals surface area contributed by atoms with Crippen LogP contribution in [0.25, 0.3) is 0 Å². The molecule has 1 saturated heterocycles. The monoisotopic (exact) mass is 503 g/mol. The number of fused-ring (bicyclic) bond motifs is 1. The van der Waals surface area contributed by atoms with Crippen molar-refractivity contribution in [2.24, 2.45) is 17.3 Å². The van der Waals surface area contributed by atoms with Crippen LogP contribution in [0.15, 0.2) is 28.7 Å². The number of anilines is 1. The van der Waals surface area contributed by atoms with Gasteiger partial charge in [-0.05, 0) is 18.4 Å². The van der Waals surface area contributed by atoms with Gasteiger partial charge in [0.15, 0.2) is 6.23 Å². The third kappa shape index (κ3) is 3.94. The highest BCUT2D eigenvalue weighted by Gasteiger charge is 2.75. The summed E-state index contributed by atoms with van der Waals surface area (Å²) in [5, 5.41) is 39.2. The lowest BCUT2D eigenvalue weighted by atomic mass is 9.94. The van der Waals surface area contributed by atoms with Gasteiger partial charge < -0.3 is 35.8 Å². The van der Waals surface area contributed by atoms with Crippen molar-refractivity contribution in [2.75, 3.05) is 18.9 Å². The molecular weight excluding hydrogens is 481 g/mol. The first-order valence-corrected chi connectivity index (χ1v) is 11.5. The summed E-state index contributed by atoms with van der Waals surface area (Å²) in [6, 6.07) is 1.27. The predicted molar refractivity (Wildman–Crippen MR) is 108 cm³/mol. The summed E-state index contributed by atoms with van der Waals surface area (Å²) in [5.74, 6) is -4.23. The summed E-state index contributed by atoms with van der Waals surface area (Å²) in [5.41, 5.74) is 2.58. The van der Waals surface area contributed by atoms with Gasteiger partial charge in [0.25, 0.3) is 0 Å². The second-order valence-corrected chi connectivity index (χ2v) is 9.65. The van der Waals surface area contributed by atoms with E-state index in [1.54, 1.807) is 0 Å². The molecule has 3 aliphatic rings. The van der Waals surface area contributed by atoms with Crippen LogP contribution in [0, 0.1) is 17.3 Å². The lowest BCUT2D eigenvalue weighted by Crippen LogP contribution is -2.36. The number of aliphatic carboxylic acids is 2. The average molecular weight is 503 g/mol. The summed E-state index contributed by atoms with van der Waals surface area (Å²) in [7, 11) is -4.79. The number of aliphatic hydroxyl groups is 2. The summed E-state index contributed by atoms with van der Waals surface area (Å²) < 4.78 is 28.3. The van der Waals surface area contributed by atoms with E-state index in [4.69, 9.17) is 19.5 Å². The number of ether oxygens (including phenoxy) is 1. The Morgan fingerprint density at radius 1 is 1.26 bits per heavy atom. The van der Waals surface area contributed by atoms with E-state index in [0.29, 0.717) is 0 Å². The minimum Gasteiger partial charge on any atom is -0.481 e. The van der Waals surface area contributed by atoms with Gasteiger partial charge in [0, 0.05) is 12.1 Å². The van der Waals surface area contributed by atoms with E-state index in [9.17, 15) is 44.3 Å². The fraction of sp³-hybridized carbons (Fsp3) is 0.556. The van der Waals surface area contributed by atoms with Crippen LogP contribution in [0.2, 0.25) is 0 Å². The molecule has 2 fully saturated rings. The van der Waals surface area contributed by atoms with Crippen LogP contribution < -0.4 is 11.4 Å². The number of hydrogen-bond donors (Lipinski definition) is 6. The number of aliphatic hydroxyl groups excluding tert-OH is 2. The zero-order valence-corrected chi connectivity index (χ0v) is 18.2. The number of carboxylic acid groups (broad SMARTS) is 2. The lowest BCUT2D eigenvalue weighted by Gasteiger charge is -2.18. The Labute approximate surface area is 190 Å². The SMILES string of the molecule is Nc1ccn([C@@H]2O[C@H](COP(=O)(O)OC[C@H]3[C@H]4CC=C(C(=O)O)[C@]43C(=O)O)[C@@H](O)[C@H]2O)c(=O)n1. The summed E-state index contributed by atoms with van der Waals surface area (Å²) >= 11 is 0. The van der Waals surface area contributed by atoms with Crippen molar-refractivity contribution in [3.8, 4) is 0 Å². The number of phosphoric acid groups is 1. The van der Waals surface area contributed by atoms with Gasteiger partial charge in [0.2, 0.25) is 0 Å². The van der Waals surface area contributed by atoms with E-state index in [-0.39, 0.29) is 17.8 Å². The standard InChI is InChI=1S/C18H22N3O12P/c19-11-3-4-21(17(28)20-11)14-13(23)12(22)10(33-14)6-32-34(29,30)31-5-9-7-1-2-8(15(24)25)18(7,9)16(26)27/h2-4,7,9-10,12-14,22-23H,1,5-6H2,(H,24,25)(H,26,27)(H,29,30)(H2,19,20,28)/t7-,9+,10-,12-,13-,14-,18-/m1/s1. The fourth-order valence-electron chi connectivity index (χ4n) is 4.74. The molecule has 1 unspecified atom stereocenters. The van der Waals surface area contributed by atoms with Crippen LogP contribution in [-0.4, -0.2) is 78.3 Å². The number of carbonyl (C=O) groups is 2. The maximum absolute atomic E-state index is 12.3. The van der Waals surface area contributed by atoms with Gasteiger partial charge in [-0.1, -0.05) is 6.08 Å². The van der Waals surface area contributed by atoms with E-state index in [1.807, 2.05) is 0 Å². The second kappa shape index (κ2) is 8.53. The van der Waals surface area contributed by atoms with Gasteiger partial charge in [-0.15, -0.1) is 0 Å². The zero-order valence-electron chi connectivity index (χ0n) is 17.3. The quantitative estimate of drug-likeness (QED) is 0.206. The smallest absolute Gasteiger partial charge is 0.472 e. The van der Waals surface area contributed by atoms with Crippen molar-refractivity contribution in [3.63, 3.8) is 0 Å². The fourth-order valence-corrected chi connectivity index (χ4v) is 5.50. The Bertz CT molecular complexity index is 1150. The molecule has 1 aromatic heterocycles. The summed E-state index contributed by atoms with van der Waals surface area (Å²) in [6.07, 6.45) is -3.21. The van der Waals surface area contributed by atoms with Crippen molar-refractivity contribution in [2.45, 2.75) is 31.0 Å². The normalized spacial score (nSPS) is 35.9. The van der Waals surface area contributed by atoms with E-state index in [2.05, 4.69) is 4.98 Å². The number of allylic oxidation sites excluding steroid dienone is 1. The third-order valence-electron chi connectivity index (χ3n) is 6.43. The maximum atomic E-state index is 12.3. The molecular formula is C18H22N3O12P. The molecule has 34 heavy (non-hydrogen) atoms. The number of aromatic nitrogens is 2. The first kappa shape index (κ1) is 24.5. The highest BCUT2D eigenvalue weighted by atomic mass is 31.2. The second-order valence-electron chi connectivity index (χ2n) is 8.19. The first-order chi connectivity index (χ1) is 15.9. The molecule has 2 aliphatic carbocycles. The number of rotatable bonds is 9. The average Bonchev–Trinajstić information content (AvgIpc) is 3.05. The van der Waals surface area contributed by atoms with Crippen molar-refractivity contribution >= 4 is 25.6 Å². The van der Waals surface area contributed by atoms with E-state index in [0.717, 1.165) is 4.57 Å². The van der Waals surface area contributed by atoms with E-state index < -0.39 is 80.5 Å². The lowest BCUT2D eigenvalue weighted by molar-refractivity contribution is -0.146. The molecule has 1 aromatic rings. The largest absolute Gasteiger partial charge is 0.481 e. The van der Waals surface area contributed by atoms with Gasteiger partial charge in [-0.25, -0.2) is 14.2 Å². The topological polar surface area (TPSA) is 241 Å². The van der Waals surface area contributed by atoms with Crippen LogP contribution in [0.4, 0.5) is 5.82 Å². The summed E-state index contributed by atoms with van der Waals surface area (Å²) in [4.78, 5) is 48.5. The van der Waals surface area contributed by atoms with Gasteiger partial charge in [0.1, 0.15) is 29.5 Å². The Balaban J connectivity index is 1.35. The van der Waals surface area contributed by atoms with Gasteiger partial charge in [-0.3, -0.25) is 18.4 Å². The Hall–Kier alpha value is -2.65. The van der Waals surface area contributed by atoms with E-state index >= 15 is 0 Å². The highest BCUT2D eigenvalue weighted by Crippen LogP contribution is 2.69. The minimum absolute atomic E-state index is 0.0667. The van der Waals surface area contributed by atoms with Crippen LogP contribution in [-0.2, 0) is 27.9 Å². The van der Waals surface area contributed by atoms with Crippen LogP contribution >= 0.6 is 7.82 Å². The Morgan fingerprint density at radius 2 is 1.94 bits per heavy atom. The van der Waals surface area contributed by atoms with Crippen LogP contribution in [0.5, 0.6) is 0 Å². The summed E-state index contributed by atoms with van der Waals surface area (Å²) in [6.45, 7) is -1.28. The third-order valence-corrected chi connectivity index (χ3v) is 7.38. The number of phosphoric ester groups is 1. The maximum Gasteiger partial charge on any atom is 0.472 e. The number of nitrogens with two attached hydrogens (primary N) is 1. The molecule has 2 heterocycles. The van der Waals surface area contributed by atoms with Crippen LogP contribution in [0.1, 0.15) is 12.6 Å². The van der Waals surface area contributed by atoms with Crippen molar-refractivity contribution in [1.82, 2.24) is 9.55 Å². The van der Waals surface area contributed by atoms with E-state index in [1.165, 1.54) is 18.3 Å².